The number of hydrogen-bond acceptors (Lipinski definition) is 3. The Morgan fingerprint density at radius 3 is 2.21 bits per heavy atom. The van der Waals surface area contributed by atoms with E-state index in [0.29, 0.717) is 12.6 Å². The highest BCUT2D eigenvalue weighted by atomic mass is 16.3. The predicted molar refractivity (Wildman–Crippen MR) is 59.2 cm³/mol. The van der Waals surface area contributed by atoms with Crippen LogP contribution in [-0.4, -0.2) is 35.0 Å². The molecule has 0 rings (SSSR count). The van der Waals surface area contributed by atoms with Crippen molar-refractivity contribution < 1.29 is 10.2 Å². The van der Waals surface area contributed by atoms with Crippen LogP contribution in [0.1, 0.15) is 40.5 Å². The fourth-order valence-electron chi connectivity index (χ4n) is 1.14. The Labute approximate surface area is 87.5 Å². The first-order valence-corrected chi connectivity index (χ1v) is 5.44. The minimum Gasteiger partial charge on any atom is -0.393 e. The molecule has 0 saturated carbocycles. The van der Waals surface area contributed by atoms with Gasteiger partial charge in [-0.3, -0.25) is 0 Å². The molecule has 0 spiro atoms. The highest BCUT2D eigenvalue weighted by molar-refractivity contribution is 4.76. The highest BCUT2D eigenvalue weighted by Crippen LogP contribution is 2.07. The van der Waals surface area contributed by atoms with E-state index in [4.69, 9.17) is 5.11 Å². The predicted octanol–water partition coefficient (Wildman–Crippen LogP) is 1.14. The van der Waals surface area contributed by atoms with Gasteiger partial charge < -0.3 is 15.5 Å². The van der Waals surface area contributed by atoms with Gasteiger partial charge in [-0.15, -0.1) is 0 Å². The van der Waals surface area contributed by atoms with E-state index in [1.807, 2.05) is 0 Å². The van der Waals surface area contributed by atoms with Crippen molar-refractivity contribution in [2.45, 2.75) is 52.2 Å². The molecule has 0 aliphatic carbocycles. The molecular formula is C11H25NO2. The van der Waals surface area contributed by atoms with Gasteiger partial charge >= 0.3 is 0 Å². The normalized spacial score (nSPS) is 18.2. The number of aliphatic hydroxyl groups excluding tert-OH is 1. The summed E-state index contributed by atoms with van der Waals surface area (Å²) in [4.78, 5) is 0. The van der Waals surface area contributed by atoms with Gasteiger partial charge in [0.1, 0.15) is 0 Å². The van der Waals surface area contributed by atoms with Crippen molar-refractivity contribution in [3.05, 3.63) is 0 Å². The Morgan fingerprint density at radius 1 is 1.21 bits per heavy atom. The van der Waals surface area contributed by atoms with Gasteiger partial charge in [-0.2, -0.15) is 0 Å². The Balaban J connectivity index is 3.58. The lowest BCUT2D eigenvalue weighted by molar-refractivity contribution is 0.000856. The summed E-state index contributed by atoms with van der Waals surface area (Å²) in [6, 6.07) is 0.399. The Morgan fingerprint density at radius 2 is 1.79 bits per heavy atom. The van der Waals surface area contributed by atoms with Crippen molar-refractivity contribution in [1.82, 2.24) is 5.32 Å². The molecule has 2 unspecified atom stereocenters. The van der Waals surface area contributed by atoms with Crippen LogP contribution in [0.3, 0.4) is 0 Å². The third kappa shape index (κ3) is 7.30. The number of hydrogen-bond donors (Lipinski definition) is 3. The molecule has 14 heavy (non-hydrogen) atoms. The molecule has 0 amide bonds. The second kappa shape index (κ2) is 6.38. The van der Waals surface area contributed by atoms with Crippen molar-refractivity contribution >= 4 is 0 Å². The van der Waals surface area contributed by atoms with E-state index in [1.165, 1.54) is 6.42 Å². The van der Waals surface area contributed by atoms with Gasteiger partial charge in [-0.05, 0) is 32.6 Å². The lowest BCUT2D eigenvalue weighted by Crippen LogP contribution is -2.44. The summed E-state index contributed by atoms with van der Waals surface area (Å²) >= 11 is 0. The standard InChI is InChI=1S/C11H25NO2/c1-9(2)5-6-10(3)12-7-11(4,14)8-13/h9-10,12-14H,5-8H2,1-4H3. The second-order valence-corrected chi connectivity index (χ2v) is 4.91. The van der Waals surface area contributed by atoms with E-state index < -0.39 is 5.60 Å². The largest absolute Gasteiger partial charge is 0.393 e. The average Bonchev–Trinajstić information content (AvgIpc) is 2.11. The molecule has 2 atom stereocenters. The van der Waals surface area contributed by atoms with Crippen molar-refractivity contribution in [3.8, 4) is 0 Å². The van der Waals surface area contributed by atoms with E-state index in [-0.39, 0.29) is 6.61 Å². The van der Waals surface area contributed by atoms with Crippen LogP contribution in [0, 0.1) is 5.92 Å². The minimum atomic E-state index is -0.994. The fourth-order valence-corrected chi connectivity index (χ4v) is 1.14. The molecular weight excluding hydrogens is 178 g/mol. The Hall–Kier alpha value is -0.120. The van der Waals surface area contributed by atoms with Gasteiger partial charge in [0.05, 0.1) is 12.2 Å². The summed E-state index contributed by atoms with van der Waals surface area (Å²) in [5.74, 6) is 0.720. The highest BCUT2D eigenvalue weighted by Gasteiger charge is 2.19. The number of nitrogens with one attached hydrogen (secondary N) is 1. The van der Waals surface area contributed by atoms with Crippen molar-refractivity contribution in [2.75, 3.05) is 13.2 Å². The van der Waals surface area contributed by atoms with E-state index in [2.05, 4.69) is 26.1 Å². The van der Waals surface area contributed by atoms with Crippen LogP contribution in [0.5, 0.6) is 0 Å². The minimum absolute atomic E-state index is 0.198. The summed E-state index contributed by atoms with van der Waals surface area (Å²) in [6.07, 6.45) is 2.30. The lowest BCUT2D eigenvalue weighted by Gasteiger charge is -2.24. The number of rotatable bonds is 7. The van der Waals surface area contributed by atoms with Gasteiger partial charge in [0, 0.05) is 12.6 Å². The summed E-state index contributed by atoms with van der Waals surface area (Å²) in [5.41, 5.74) is -0.994. The second-order valence-electron chi connectivity index (χ2n) is 4.91. The van der Waals surface area contributed by atoms with Crippen molar-refractivity contribution in [1.29, 1.82) is 0 Å². The van der Waals surface area contributed by atoms with Crippen LogP contribution in [0.4, 0.5) is 0 Å². The smallest absolute Gasteiger partial charge is 0.0972 e. The average molecular weight is 203 g/mol. The quantitative estimate of drug-likeness (QED) is 0.581. The van der Waals surface area contributed by atoms with Crippen LogP contribution in [0.25, 0.3) is 0 Å². The zero-order chi connectivity index (χ0) is 11.2. The van der Waals surface area contributed by atoms with Gasteiger partial charge in [0.25, 0.3) is 0 Å². The van der Waals surface area contributed by atoms with Gasteiger partial charge in [-0.1, -0.05) is 13.8 Å². The molecule has 0 aromatic rings. The fraction of sp³-hybridized carbons (Fsp3) is 1.00. The zero-order valence-electron chi connectivity index (χ0n) is 9.88. The van der Waals surface area contributed by atoms with Crippen LogP contribution >= 0.6 is 0 Å². The molecule has 3 N–H and O–H groups in total. The monoisotopic (exact) mass is 203 g/mol. The molecule has 3 nitrogen and oxygen atoms in total. The van der Waals surface area contributed by atoms with E-state index >= 15 is 0 Å². The maximum atomic E-state index is 9.54. The first-order valence-electron chi connectivity index (χ1n) is 5.44. The van der Waals surface area contributed by atoms with Crippen LogP contribution in [-0.2, 0) is 0 Å². The van der Waals surface area contributed by atoms with Crippen LogP contribution in [0.2, 0.25) is 0 Å². The van der Waals surface area contributed by atoms with E-state index in [1.54, 1.807) is 6.92 Å². The first-order chi connectivity index (χ1) is 6.37. The molecule has 0 bridgehead atoms. The molecule has 0 radical (unpaired) electrons. The first kappa shape index (κ1) is 13.9. The van der Waals surface area contributed by atoms with E-state index in [0.717, 1.165) is 12.3 Å². The Kier molecular flexibility index (Phi) is 6.33. The summed E-state index contributed by atoms with van der Waals surface area (Å²) in [7, 11) is 0. The van der Waals surface area contributed by atoms with Gasteiger partial charge in [0.2, 0.25) is 0 Å². The molecule has 3 heteroatoms. The summed E-state index contributed by atoms with van der Waals surface area (Å²) < 4.78 is 0. The van der Waals surface area contributed by atoms with Gasteiger partial charge in [0.15, 0.2) is 0 Å². The Bertz CT molecular complexity index is 146. The molecule has 0 heterocycles. The molecule has 0 aliphatic rings. The molecule has 0 saturated heterocycles. The summed E-state index contributed by atoms with van der Waals surface area (Å²) in [6.45, 7) is 8.40. The van der Waals surface area contributed by atoms with Crippen LogP contribution < -0.4 is 5.32 Å². The van der Waals surface area contributed by atoms with Crippen LogP contribution in [0.15, 0.2) is 0 Å². The SMILES string of the molecule is CC(C)CCC(C)NCC(C)(O)CO. The van der Waals surface area contributed by atoms with Crippen molar-refractivity contribution in [2.24, 2.45) is 5.92 Å². The third-order valence-corrected chi connectivity index (χ3v) is 2.35. The zero-order valence-corrected chi connectivity index (χ0v) is 9.88. The van der Waals surface area contributed by atoms with Crippen molar-refractivity contribution in [3.63, 3.8) is 0 Å². The molecule has 0 aromatic carbocycles. The molecule has 86 valence electrons. The maximum Gasteiger partial charge on any atom is 0.0972 e. The van der Waals surface area contributed by atoms with E-state index in [9.17, 15) is 5.11 Å². The lowest BCUT2D eigenvalue weighted by atomic mass is 10.0. The van der Waals surface area contributed by atoms with Gasteiger partial charge in [-0.25, -0.2) is 0 Å². The summed E-state index contributed by atoms with van der Waals surface area (Å²) in [5, 5.41) is 21.6. The molecule has 0 aromatic heterocycles. The third-order valence-electron chi connectivity index (χ3n) is 2.35. The topological polar surface area (TPSA) is 52.5 Å². The maximum absolute atomic E-state index is 9.54. The molecule has 0 fully saturated rings. The molecule has 0 aliphatic heterocycles. The number of aliphatic hydroxyl groups is 2.